The van der Waals surface area contributed by atoms with Crippen LogP contribution in [-0.4, -0.2) is 6.54 Å². The lowest BCUT2D eigenvalue weighted by Crippen LogP contribution is -2.24. The highest BCUT2D eigenvalue weighted by Gasteiger charge is 2.14. The standard InChI is InChI=1S/C18H28ClN/c1-2-6-18(16-9-11-17(19)12-10-16)20-14-13-15-7-4-3-5-8-15/h9-12,15,18,20H,2-8,13-14H2,1H3. The monoisotopic (exact) mass is 293 g/mol. The van der Waals surface area contributed by atoms with E-state index in [1.165, 1.54) is 56.9 Å². The van der Waals surface area contributed by atoms with E-state index in [-0.39, 0.29) is 0 Å². The summed E-state index contributed by atoms with van der Waals surface area (Å²) in [6.45, 7) is 3.41. The van der Waals surface area contributed by atoms with Crippen molar-refractivity contribution < 1.29 is 0 Å². The molecule has 1 aromatic carbocycles. The Bertz CT molecular complexity index is 368. The quantitative estimate of drug-likeness (QED) is 0.676. The summed E-state index contributed by atoms with van der Waals surface area (Å²) in [7, 11) is 0. The maximum absolute atomic E-state index is 5.98. The summed E-state index contributed by atoms with van der Waals surface area (Å²) in [4.78, 5) is 0. The highest BCUT2D eigenvalue weighted by Crippen LogP contribution is 2.26. The van der Waals surface area contributed by atoms with Gasteiger partial charge < -0.3 is 5.32 Å². The molecular weight excluding hydrogens is 266 g/mol. The van der Waals surface area contributed by atoms with Crippen molar-refractivity contribution in [2.45, 2.75) is 64.3 Å². The van der Waals surface area contributed by atoms with Crippen LogP contribution in [0.15, 0.2) is 24.3 Å². The van der Waals surface area contributed by atoms with Crippen molar-refractivity contribution >= 4 is 11.6 Å². The molecule has 1 N–H and O–H groups in total. The molecule has 20 heavy (non-hydrogen) atoms. The molecule has 0 heterocycles. The Kier molecular flexibility index (Phi) is 6.89. The second kappa shape index (κ2) is 8.69. The highest BCUT2D eigenvalue weighted by molar-refractivity contribution is 6.30. The van der Waals surface area contributed by atoms with E-state index in [9.17, 15) is 0 Å². The molecule has 1 saturated carbocycles. The minimum atomic E-state index is 0.487. The van der Waals surface area contributed by atoms with Gasteiger partial charge in [0.25, 0.3) is 0 Å². The normalized spacial score (nSPS) is 18.1. The molecule has 2 rings (SSSR count). The van der Waals surface area contributed by atoms with E-state index >= 15 is 0 Å². The lowest BCUT2D eigenvalue weighted by atomic mass is 9.87. The van der Waals surface area contributed by atoms with E-state index < -0.39 is 0 Å². The van der Waals surface area contributed by atoms with Gasteiger partial charge in [0.05, 0.1) is 0 Å². The van der Waals surface area contributed by atoms with Crippen molar-refractivity contribution in [2.24, 2.45) is 5.92 Å². The van der Waals surface area contributed by atoms with Gasteiger partial charge in [-0.25, -0.2) is 0 Å². The van der Waals surface area contributed by atoms with Crippen LogP contribution in [0.2, 0.25) is 5.02 Å². The van der Waals surface area contributed by atoms with Crippen LogP contribution >= 0.6 is 11.6 Å². The summed E-state index contributed by atoms with van der Waals surface area (Å²) >= 11 is 5.98. The van der Waals surface area contributed by atoms with E-state index in [1.54, 1.807) is 0 Å². The molecule has 0 spiro atoms. The van der Waals surface area contributed by atoms with Crippen molar-refractivity contribution in [1.29, 1.82) is 0 Å². The zero-order valence-electron chi connectivity index (χ0n) is 12.7. The van der Waals surface area contributed by atoms with Crippen molar-refractivity contribution in [1.82, 2.24) is 5.32 Å². The zero-order chi connectivity index (χ0) is 14.2. The Morgan fingerprint density at radius 3 is 2.50 bits per heavy atom. The molecule has 0 bridgehead atoms. The van der Waals surface area contributed by atoms with Gasteiger partial charge in [0.15, 0.2) is 0 Å². The molecule has 1 unspecified atom stereocenters. The zero-order valence-corrected chi connectivity index (χ0v) is 13.5. The number of nitrogens with one attached hydrogen (secondary N) is 1. The minimum absolute atomic E-state index is 0.487. The van der Waals surface area contributed by atoms with Crippen LogP contribution in [0.1, 0.15) is 69.9 Å². The molecule has 1 nitrogen and oxygen atoms in total. The van der Waals surface area contributed by atoms with E-state index in [2.05, 4.69) is 24.4 Å². The predicted molar refractivity (Wildman–Crippen MR) is 88.3 cm³/mol. The lowest BCUT2D eigenvalue weighted by Gasteiger charge is -2.24. The van der Waals surface area contributed by atoms with Gasteiger partial charge in [-0.1, -0.05) is 69.2 Å². The third kappa shape index (κ3) is 5.10. The van der Waals surface area contributed by atoms with Gasteiger partial charge in [-0.15, -0.1) is 0 Å². The van der Waals surface area contributed by atoms with Crippen LogP contribution in [0.4, 0.5) is 0 Å². The number of halogens is 1. The van der Waals surface area contributed by atoms with Crippen LogP contribution < -0.4 is 5.32 Å². The predicted octanol–water partition coefficient (Wildman–Crippen LogP) is 5.74. The molecule has 0 amide bonds. The van der Waals surface area contributed by atoms with Crippen molar-refractivity contribution in [3.63, 3.8) is 0 Å². The van der Waals surface area contributed by atoms with E-state index in [0.29, 0.717) is 6.04 Å². The number of hydrogen-bond donors (Lipinski definition) is 1. The van der Waals surface area contributed by atoms with Gasteiger partial charge in [0.1, 0.15) is 0 Å². The smallest absolute Gasteiger partial charge is 0.0406 e. The van der Waals surface area contributed by atoms with Crippen LogP contribution in [-0.2, 0) is 0 Å². The Morgan fingerprint density at radius 1 is 1.15 bits per heavy atom. The Morgan fingerprint density at radius 2 is 1.85 bits per heavy atom. The molecule has 0 aliphatic heterocycles. The minimum Gasteiger partial charge on any atom is -0.310 e. The van der Waals surface area contributed by atoms with Crippen LogP contribution in [0, 0.1) is 5.92 Å². The maximum atomic E-state index is 5.98. The average molecular weight is 294 g/mol. The van der Waals surface area contributed by atoms with Crippen LogP contribution in [0.5, 0.6) is 0 Å². The first kappa shape index (κ1) is 15.9. The molecule has 1 aliphatic carbocycles. The molecule has 1 fully saturated rings. The second-order valence-corrected chi connectivity index (χ2v) is 6.58. The number of hydrogen-bond acceptors (Lipinski definition) is 1. The first-order valence-electron chi connectivity index (χ1n) is 8.28. The summed E-state index contributed by atoms with van der Waals surface area (Å²) in [6.07, 6.45) is 11.0. The fraction of sp³-hybridized carbons (Fsp3) is 0.667. The van der Waals surface area contributed by atoms with E-state index in [1.807, 2.05) is 12.1 Å². The van der Waals surface area contributed by atoms with Crippen molar-refractivity contribution in [2.75, 3.05) is 6.54 Å². The molecule has 1 atom stereocenters. The molecule has 1 aliphatic rings. The molecule has 0 radical (unpaired) electrons. The lowest BCUT2D eigenvalue weighted by molar-refractivity contribution is 0.326. The molecular formula is C18H28ClN. The van der Waals surface area contributed by atoms with Crippen LogP contribution in [0.25, 0.3) is 0 Å². The first-order valence-corrected chi connectivity index (χ1v) is 8.66. The van der Waals surface area contributed by atoms with E-state index in [4.69, 9.17) is 11.6 Å². The topological polar surface area (TPSA) is 12.0 Å². The van der Waals surface area contributed by atoms with Gasteiger partial charge in [0.2, 0.25) is 0 Å². The average Bonchev–Trinajstić information content (AvgIpc) is 2.48. The molecule has 2 heteroatoms. The third-order valence-corrected chi connectivity index (χ3v) is 4.77. The summed E-state index contributed by atoms with van der Waals surface area (Å²) in [5.41, 5.74) is 1.37. The second-order valence-electron chi connectivity index (χ2n) is 6.14. The van der Waals surface area contributed by atoms with Crippen molar-refractivity contribution in [3.8, 4) is 0 Å². The van der Waals surface area contributed by atoms with Crippen molar-refractivity contribution in [3.05, 3.63) is 34.9 Å². The summed E-state index contributed by atoms with van der Waals surface area (Å²) in [6, 6.07) is 8.82. The SMILES string of the molecule is CCCC(NCCC1CCCCC1)c1ccc(Cl)cc1. The maximum Gasteiger partial charge on any atom is 0.0406 e. The number of rotatable bonds is 7. The third-order valence-electron chi connectivity index (χ3n) is 4.52. The Labute approximate surface area is 129 Å². The molecule has 1 aromatic rings. The summed E-state index contributed by atoms with van der Waals surface area (Å²) < 4.78 is 0. The number of benzene rings is 1. The largest absolute Gasteiger partial charge is 0.310 e. The molecule has 112 valence electrons. The Balaban J connectivity index is 1.80. The Hall–Kier alpha value is -0.530. The van der Waals surface area contributed by atoms with Gasteiger partial charge >= 0.3 is 0 Å². The summed E-state index contributed by atoms with van der Waals surface area (Å²) in [5.74, 6) is 0.962. The van der Waals surface area contributed by atoms with Crippen LogP contribution in [0.3, 0.4) is 0 Å². The fourth-order valence-electron chi connectivity index (χ4n) is 3.31. The fourth-order valence-corrected chi connectivity index (χ4v) is 3.43. The highest BCUT2D eigenvalue weighted by atomic mass is 35.5. The summed E-state index contributed by atoms with van der Waals surface area (Å²) in [5, 5.41) is 4.59. The van der Waals surface area contributed by atoms with Gasteiger partial charge in [-0.05, 0) is 43.0 Å². The first-order chi connectivity index (χ1) is 9.79. The van der Waals surface area contributed by atoms with E-state index in [0.717, 1.165) is 17.5 Å². The molecule has 0 aromatic heterocycles. The van der Waals surface area contributed by atoms with Gasteiger partial charge in [-0.3, -0.25) is 0 Å². The molecule has 0 saturated heterocycles. The van der Waals surface area contributed by atoms with Gasteiger partial charge in [-0.2, -0.15) is 0 Å². The van der Waals surface area contributed by atoms with Gasteiger partial charge in [0, 0.05) is 11.1 Å².